The maximum absolute atomic E-state index is 5.82. The van der Waals surface area contributed by atoms with Crippen molar-refractivity contribution in [3.05, 3.63) is 0 Å². The zero-order chi connectivity index (χ0) is 17.1. The van der Waals surface area contributed by atoms with Gasteiger partial charge in [0.25, 0.3) is 0 Å². The summed E-state index contributed by atoms with van der Waals surface area (Å²) >= 11 is 0. The fourth-order valence-corrected chi connectivity index (χ4v) is 5.14. The van der Waals surface area contributed by atoms with Crippen molar-refractivity contribution in [1.29, 1.82) is 0 Å². The van der Waals surface area contributed by atoms with Crippen LogP contribution in [0.3, 0.4) is 0 Å². The average Bonchev–Trinajstić information content (AvgIpc) is 2.08. The fraction of sp³-hybridized carbons (Fsp3) is 1.00. The number of hydrogen-bond acceptors (Lipinski definition) is 1. The lowest BCUT2D eigenvalue weighted by Gasteiger charge is -2.49. The highest BCUT2D eigenvalue weighted by Gasteiger charge is 2.43. The van der Waals surface area contributed by atoms with E-state index in [0.717, 1.165) is 13.0 Å². The molecule has 0 fully saturated rings. The van der Waals surface area contributed by atoms with Crippen LogP contribution in [-0.2, 0) is 0 Å². The van der Waals surface area contributed by atoms with Crippen LogP contribution in [-0.4, -0.2) is 6.54 Å². The molecule has 0 aromatic carbocycles. The summed E-state index contributed by atoms with van der Waals surface area (Å²) in [5, 5.41) is 0. The van der Waals surface area contributed by atoms with Gasteiger partial charge in [-0.15, -0.1) is 0 Å². The van der Waals surface area contributed by atoms with Gasteiger partial charge in [0.05, 0.1) is 0 Å². The molecule has 1 heteroatoms. The molecule has 1 nitrogen and oxygen atoms in total. The first kappa shape index (κ1) is 21.0. The molecule has 0 saturated carbocycles. The summed E-state index contributed by atoms with van der Waals surface area (Å²) in [7, 11) is 0. The monoisotopic (exact) mass is 297 g/mol. The van der Waals surface area contributed by atoms with Crippen molar-refractivity contribution in [2.24, 2.45) is 33.3 Å². The van der Waals surface area contributed by atoms with E-state index in [4.69, 9.17) is 5.73 Å². The second-order valence-corrected chi connectivity index (χ2v) is 10.9. The zero-order valence-electron chi connectivity index (χ0n) is 16.7. The van der Waals surface area contributed by atoms with E-state index in [2.05, 4.69) is 69.2 Å². The van der Waals surface area contributed by atoms with Crippen LogP contribution in [0.25, 0.3) is 0 Å². The molecule has 0 aliphatic carbocycles. The summed E-state index contributed by atoms with van der Waals surface area (Å²) in [5.74, 6) is 0.715. The van der Waals surface area contributed by atoms with E-state index in [1.165, 1.54) is 19.3 Å². The standard InChI is InChI=1S/C20H43N/c1-17(2,3)14-19(7,8)16(12-11-13-21)20(9,10)15-18(4,5)6/h16H,11-15,21H2,1-10H3. The Hall–Kier alpha value is -0.0400. The van der Waals surface area contributed by atoms with Gasteiger partial charge in [0.1, 0.15) is 0 Å². The van der Waals surface area contributed by atoms with Gasteiger partial charge in [0, 0.05) is 0 Å². The van der Waals surface area contributed by atoms with Gasteiger partial charge in [-0.05, 0) is 59.8 Å². The predicted molar refractivity (Wildman–Crippen MR) is 97.5 cm³/mol. The van der Waals surface area contributed by atoms with Crippen LogP contribution in [0.4, 0.5) is 0 Å². The SMILES string of the molecule is CC(C)(C)CC(C)(C)C(CCCN)C(C)(C)CC(C)(C)C. The molecule has 128 valence electrons. The van der Waals surface area contributed by atoms with Gasteiger partial charge < -0.3 is 5.73 Å². The Balaban J connectivity index is 5.35. The summed E-state index contributed by atoms with van der Waals surface area (Å²) in [4.78, 5) is 0. The van der Waals surface area contributed by atoms with Crippen molar-refractivity contribution in [3.8, 4) is 0 Å². The van der Waals surface area contributed by atoms with Crippen molar-refractivity contribution < 1.29 is 0 Å². The van der Waals surface area contributed by atoms with Gasteiger partial charge in [-0.1, -0.05) is 69.2 Å². The van der Waals surface area contributed by atoms with Crippen molar-refractivity contribution in [3.63, 3.8) is 0 Å². The van der Waals surface area contributed by atoms with E-state index < -0.39 is 0 Å². The van der Waals surface area contributed by atoms with Crippen molar-refractivity contribution >= 4 is 0 Å². The highest BCUT2D eigenvalue weighted by molar-refractivity contribution is 4.93. The summed E-state index contributed by atoms with van der Waals surface area (Å²) in [5.41, 5.74) is 7.27. The van der Waals surface area contributed by atoms with Crippen LogP contribution >= 0.6 is 0 Å². The molecule has 0 saturated heterocycles. The number of rotatable bonds is 7. The van der Waals surface area contributed by atoms with Crippen LogP contribution in [0.1, 0.15) is 94.9 Å². The lowest BCUT2D eigenvalue weighted by Crippen LogP contribution is -2.40. The molecule has 0 bridgehead atoms. The van der Waals surface area contributed by atoms with Crippen molar-refractivity contribution in [2.75, 3.05) is 6.54 Å². The topological polar surface area (TPSA) is 26.0 Å². The maximum atomic E-state index is 5.82. The van der Waals surface area contributed by atoms with E-state index in [-0.39, 0.29) is 0 Å². The lowest BCUT2D eigenvalue weighted by atomic mass is 9.56. The van der Waals surface area contributed by atoms with E-state index in [1.807, 2.05) is 0 Å². The normalized spacial score (nSPS) is 14.9. The minimum absolute atomic E-state index is 0.349. The Bertz CT molecular complexity index is 271. The zero-order valence-corrected chi connectivity index (χ0v) is 16.7. The van der Waals surface area contributed by atoms with E-state index in [1.54, 1.807) is 0 Å². The van der Waals surface area contributed by atoms with Crippen molar-refractivity contribution in [1.82, 2.24) is 0 Å². The third kappa shape index (κ3) is 8.24. The average molecular weight is 298 g/mol. The van der Waals surface area contributed by atoms with Gasteiger partial charge in [-0.3, -0.25) is 0 Å². The Kier molecular flexibility index (Phi) is 7.01. The van der Waals surface area contributed by atoms with Crippen LogP contribution in [0.2, 0.25) is 0 Å². The lowest BCUT2D eigenvalue weighted by molar-refractivity contribution is 0.00612. The Labute approximate surface area is 135 Å². The largest absolute Gasteiger partial charge is 0.330 e. The molecule has 0 spiro atoms. The molecule has 2 N–H and O–H groups in total. The molecule has 0 amide bonds. The van der Waals surface area contributed by atoms with Gasteiger partial charge in [0.2, 0.25) is 0 Å². The first-order valence-electron chi connectivity index (χ1n) is 8.81. The quantitative estimate of drug-likeness (QED) is 0.589. The first-order chi connectivity index (χ1) is 9.11. The van der Waals surface area contributed by atoms with Crippen LogP contribution in [0.15, 0.2) is 0 Å². The minimum Gasteiger partial charge on any atom is -0.330 e. The van der Waals surface area contributed by atoms with Crippen LogP contribution < -0.4 is 5.73 Å². The van der Waals surface area contributed by atoms with Crippen LogP contribution in [0.5, 0.6) is 0 Å². The van der Waals surface area contributed by atoms with Gasteiger partial charge in [0.15, 0.2) is 0 Å². The predicted octanol–water partition coefficient (Wildman–Crippen LogP) is 6.27. The Morgan fingerprint density at radius 2 is 1.00 bits per heavy atom. The van der Waals surface area contributed by atoms with Crippen molar-refractivity contribution in [2.45, 2.75) is 94.9 Å². The molecule has 21 heavy (non-hydrogen) atoms. The molecule has 0 heterocycles. The van der Waals surface area contributed by atoms with Gasteiger partial charge in [-0.25, -0.2) is 0 Å². The van der Waals surface area contributed by atoms with E-state index in [9.17, 15) is 0 Å². The minimum atomic E-state index is 0.349. The highest BCUT2D eigenvalue weighted by atomic mass is 14.5. The highest BCUT2D eigenvalue weighted by Crippen LogP contribution is 2.52. The van der Waals surface area contributed by atoms with E-state index in [0.29, 0.717) is 27.6 Å². The molecule has 0 aliphatic heterocycles. The summed E-state index contributed by atoms with van der Waals surface area (Å²) < 4.78 is 0. The Morgan fingerprint density at radius 1 is 0.667 bits per heavy atom. The second kappa shape index (κ2) is 7.02. The molecule has 0 aromatic heterocycles. The number of nitrogens with two attached hydrogens (primary N) is 1. The second-order valence-electron chi connectivity index (χ2n) is 10.9. The van der Waals surface area contributed by atoms with E-state index >= 15 is 0 Å². The van der Waals surface area contributed by atoms with Crippen LogP contribution in [0, 0.1) is 27.6 Å². The Morgan fingerprint density at radius 3 is 1.24 bits per heavy atom. The smallest absolute Gasteiger partial charge is 0.00772 e. The summed E-state index contributed by atoms with van der Waals surface area (Å²) in [6, 6.07) is 0. The fourth-order valence-electron chi connectivity index (χ4n) is 5.14. The first-order valence-corrected chi connectivity index (χ1v) is 8.81. The number of hydrogen-bond donors (Lipinski definition) is 1. The molecule has 0 atom stereocenters. The molecule has 0 radical (unpaired) electrons. The third-order valence-corrected chi connectivity index (χ3v) is 4.56. The van der Waals surface area contributed by atoms with Gasteiger partial charge >= 0.3 is 0 Å². The molecular formula is C20H43N. The molecule has 0 aromatic rings. The molecule has 0 aliphatic rings. The van der Waals surface area contributed by atoms with Gasteiger partial charge in [-0.2, -0.15) is 0 Å². The molecule has 0 rings (SSSR count). The molecular weight excluding hydrogens is 254 g/mol. The molecule has 0 unspecified atom stereocenters. The maximum Gasteiger partial charge on any atom is -0.00772 e. The third-order valence-electron chi connectivity index (χ3n) is 4.56. The summed E-state index contributed by atoms with van der Waals surface area (Å²) in [6.07, 6.45) is 4.93. The summed E-state index contributed by atoms with van der Waals surface area (Å²) in [6.45, 7) is 24.9.